The van der Waals surface area contributed by atoms with Crippen molar-refractivity contribution in [3.8, 4) is 0 Å². The number of nitrogens with zero attached hydrogens (tertiary/aromatic N) is 1. The minimum absolute atomic E-state index is 0.136. The largest absolute Gasteiger partial charge is 0.379 e. The summed E-state index contributed by atoms with van der Waals surface area (Å²) in [4.78, 5) is 14.9. The van der Waals surface area contributed by atoms with E-state index in [1.807, 2.05) is 0 Å². The highest BCUT2D eigenvalue weighted by Gasteiger charge is 2.40. The van der Waals surface area contributed by atoms with Crippen molar-refractivity contribution in [1.29, 1.82) is 0 Å². The van der Waals surface area contributed by atoms with Gasteiger partial charge in [0.15, 0.2) is 5.60 Å². The molecule has 120 valence electrons. The molecule has 2 saturated heterocycles. The first-order valence-electron chi connectivity index (χ1n) is 8.52. The van der Waals surface area contributed by atoms with Gasteiger partial charge >= 0.3 is 0 Å². The third kappa shape index (κ3) is 3.74. The third-order valence-electron chi connectivity index (χ3n) is 5.38. The summed E-state index contributed by atoms with van der Waals surface area (Å²) in [7, 11) is 0. The minimum atomic E-state index is -1.11. The number of carbonyl (C=O) groups excluding carboxylic acids is 1. The highest BCUT2D eigenvalue weighted by atomic mass is 32.2. The first kappa shape index (κ1) is 15.6. The van der Waals surface area contributed by atoms with Crippen LogP contribution in [0.3, 0.4) is 0 Å². The van der Waals surface area contributed by atoms with Gasteiger partial charge in [-0.25, -0.2) is 0 Å². The molecule has 3 rings (SSSR count). The van der Waals surface area contributed by atoms with Gasteiger partial charge in [0.05, 0.1) is 0 Å². The van der Waals surface area contributed by atoms with Crippen LogP contribution in [-0.2, 0) is 4.79 Å². The van der Waals surface area contributed by atoms with Gasteiger partial charge in [-0.15, -0.1) is 0 Å². The summed E-state index contributed by atoms with van der Waals surface area (Å²) < 4.78 is 0. The molecule has 4 nitrogen and oxygen atoms in total. The lowest BCUT2D eigenvalue weighted by Crippen LogP contribution is -2.54. The summed E-state index contributed by atoms with van der Waals surface area (Å²) in [6.07, 6.45) is 9.54. The number of aliphatic hydroxyl groups is 1. The fourth-order valence-electron chi connectivity index (χ4n) is 3.91. The van der Waals surface area contributed by atoms with Crippen LogP contribution >= 0.6 is 11.8 Å². The van der Waals surface area contributed by atoms with Gasteiger partial charge in [0, 0.05) is 30.9 Å². The van der Waals surface area contributed by atoms with E-state index >= 15 is 0 Å². The molecule has 2 N–H and O–H groups in total. The fourth-order valence-corrected chi connectivity index (χ4v) is 5.15. The molecule has 0 aromatic rings. The Morgan fingerprint density at radius 3 is 2.48 bits per heavy atom. The van der Waals surface area contributed by atoms with Gasteiger partial charge in [-0.3, -0.25) is 4.79 Å². The van der Waals surface area contributed by atoms with E-state index in [0.29, 0.717) is 12.2 Å². The van der Waals surface area contributed by atoms with Gasteiger partial charge < -0.3 is 15.3 Å². The Hall–Kier alpha value is -0.260. The second-order valence-corrected chi connectivity index (χ2v) is 8.01. The molecule has 1 unspecified atom stereocenters. The van der Waals surface area contributed by atoms with Crippen LogP contribution in [0.1, 0.15) is 51.4 Å². The fraction of sp³-hybridized carbons (Fsp3) is 0.938. The second kappa shape index (κ2) is 6.88. The van der Waals surface area contributed by atoms with Crippen molar-refractivity contribution >= 4 is 17.7 Å². The van der Waals surface area contributed by atoms with Crippen molar-refractivity contribution in [2.75, 3.05) is 24.6 Å². The molecule has 3 fully saturated rings. The van der Waals surface area contributed by atoms with Crippen LogP contribution in [-0.4, -0.2) is 58.2 Å². The van der Waals surface area contributed by atoms with Crippen molar-refractivity contribution in [1.82, 2.24) is 10.2 Å². The van der Waals surface area contributed by atoms with Crippen molar-refractivity contribution in [3.05, 3.63) is 0 Å². The van der Waals surface area contributed by atoms with Gasteiger partial charge in [-0.1, -0.05) is 19.3 Å². The van der Waals surface area contributed by atoms with Crippen LogP contribution in [0.2, 0.25) is 0 Å². The van der Waals surface area contributed by atoms with E-state index in [4.69, 9.17) is 0 Å². The second-order valence-electron chi connectivity index (χ2n) is 6.91. The number of hydrogen-bond donors (Lipinski definition) is 2. The number of hydrogen-bond acceptors (Lipinski definition) is 4. The Balaban J connectivity index is 1.44. The zero-order valence-electron chi connectivity index (χ0n) is 12.9. The maximum atomic E-state index is 12.2. The molecule has 21 heavy (non-hydrogen) atoms. The van der Waals surface area contributed by atoms with Gasteiger partial charge in [-0.05, 0) is 37.9 Å². The molecule has 0 spiro atoms. The molecule has 0 bridgehead atoms. The average Bonchev–Trinajstić information content (AvgIpc) is 2.97. The summed E-state index contributed by atoms with van der Waals surface area (Å²) in [5.41, 5.74) is -1.11. The summed E-state index contributed by atoms with van der Waals surface area (Å²) in [6, 6.07) is 1.04. The Labute approximate surface area is 132 Å². The van der Waals surface area contributed by atoms with Crippen molar-refractivity contribution in [3.63, 3.8) is 0 Å². The number of piperidine rings is 1. The van der Waals surface area contributed by atoms with Gasteiger partial charge in [0.25, 0.3) is 5.91 Å². The maximum absolute atomic E-state index is 12.2. The number of carbonyl (C=O) groups is 1. The summed E-state index contributed by atoms with van der Waals surface area (Å²) in [5, 5.41) is 13.4. The minimum Gasteiger partial charge on any atom is -0.379 e. The monoisotopic (exact) mass is 312 g/mol. The van der Waals surface area contributed by atoms with Crippen LogP contribution in [0.15, 0.2) is 0 Å². The molecule has 1 saturated carbocycles. The zero-order chi connectivity index (χ0) is 14.7. The molecular formula is C16H28N2O2S. The van der Waals surface area contributed by atoms with E-state index in [1.165, 1.54) is 32.1 Å². The smallest absolute Gasteiger partial charge is 0.253 e. The molecular weight excluding hydrogens is 284 g/mol. The normalized spacial score (nSPS) is 33.2. The third-order valence-corrected chi connectivity index (χ3v) is 6.55. The van der Waals surface area contributed by atoms with Gasteiger partial charge in [-0.2, -0.15) is 11.8 Å². The highest BCUT2D eigenvalue weighted by Crippen LogP contribution is 2.29. The predicted molar refractivity (Wildman–Crippen MR) is 86.5 cm³/mol. The molecule has 3 aliphatic rings. The van der Waals surface area contributed by atoms with Crippen molar-refractivity contribution < 1.29 is 9.90 Å². The van der Waals surface area contributed by atoms with E-state index in [1.54, 1.807) is 11.8 Å². The summed E-state index contributed by atoms with van der Waals surface area (Å²) in [5.74, 6) is 1.31. The highest BCUT2D eigenvalue weighted by molar-refractivity contribution is 7.99. The van der Waals surface area contributed by atoms with E-state index < -0.39 is 5.60 Å². The molecule has 1 atom stereocenters. The molecule has 0 aromatic carbocycles. The Bertz CT molecular complexity index is 357. The number of amides is 1. The number of nitrogens with one attached hydrogen (secondary N) is 1. The van der Waals surface area contributed by atoms with E-state index in [2.05, 4.69) is 10.2 Å². The lowest BCUT2D eigenvalue weighted by molar-refractivity contribution is -0.138. The van der Waals surface area contributed by atoms with Crippen LogP contribution in [0.25, 0.3) is 0 Å². The number of likely N-dealkylation sites (tertiary alicyclic amines) is 1. The van der Waals surface area contributed by atoms with Crippen LogP contribution in [0, 0.1) is 0 Å². The van der Waals surface area contributed by atoms with Crippen LogP contribution in [0.5, 0.6) is 0 Å². The van der Waals surface area contributed by atoms with Crippen LogP contribution in [0.4, 0.5) is 0 Å². The average molecular weight is 312 g/mol. The zero-order valence-corrected chi connectivity index (χ0v) is 13.7. The number of rotatable bonds is 3. The summed E-state index contributed by atoms with van der Waals surface area (Å²) in [6.45, 7) is 2.20. The van der Waals surface area contributed by atoms with E-state index in [0.717, 1.165) is 37.7 Å². The van der Waals surface area contributed by atoms with Gasteiger partial charge in [0.2, 0.25) is 0 Å². The topological polar surface area (TPSA) is 52.6 Å². The maximum Gasteiger partial charge on any atom is 0.253 e. The first-order chi connectivity index (χ1) is 10.2. The van der Waals surface area contributed by atoms with Crippen molar-refractivity contribution in [2.24, 2.45) is 0 Å². The lowest BCUT2D eigenvalue weighted by Gasteiger charge is -2.40. The van der Waals surface area contributed by atoms with Gasteiger partial charge in [0.1, 0.15) is 0 Å². The van der Waals surface area contributed by atoms with Crippen molar-refractivity contribution in [2.45, 2.75) is 69.1 Å². The van der Waals surface area contributed by atoms with E-state index in [9.17, 15) is 9.90 Å². The molecule has 0 radical (unpaired) electrons. The first-order valence-corrected chi connectivity index (χ1v) is 9.68. The SMILES string of the molecule is O=C(NC1CCN(C2CCCCC2)CC1)C1(O)CCSC1. The molecule has 1 amide bonds. The molecule has 1 aliphatic carbocycles. The molecule has 2 aliphatic heterocycles. The molecule has 5 heteroatoms. The lowest BCUT2D eigenvalue weighted by atomic mass is 9.92. The molecule has 2 heterocycles. The predicted octanol–water partition coefficient (Wildman–Crippen LogP) is 1.77. The molecule has 0 aromatic heterocycles. The number of thioether (sulfide) groups is 1. The Morgan fingerprint density at radius 2 is 1.86 bits per heavy atom. The standard InChI is InChI=1S/C16H28N2O2S/c19-15(16(20)8-11-21-12-16)17-13-6-9-18(10-7-13)14-4-2-1-3-5-14/h13-14,20H,1-12H2,(H,17,19). The Morgan fingerprint density at radius 1 is 1.14 bits per heavy atom. The summed E-state index contributed by atoms with van der Waals surface area (Å²) >= 11 is 1.67. The van der Waals surface area contributed by atoms with E-state index in [-0.39, 0.29) is 11.9 Å². The quantitative estimate of drug-likeness (QED) is 0.834. The van der Waals surface area contributed by atoms with Crippen LogP contribution < -0.4 is 5.32 Å². The Kier molecular flexibility index (Phi) is 5.12.